The number of hydrogen-bond donors (Lipinski definition) is 2. The molecular formula is C24H39N3O3. The first-order valence-electron chi connectivity index (χ1n) is 10.8. The summed E-state index contributed by atoms with van der Waals surface area (Å²) < 4.78 is 0. The topological polar surface area (TPSA) is 78.5 Å². The third kappa shape index (κ3) is 11.0. The molecule has 1 atom stereocenters. The fraction of sp³-hybridized carbons (Fsp3) is 0.625. The standard InChI is InChI=1S/C24H39N3O3/c1-17(2)15-27(23(30)12-19(4)13-24(5,6)7)16-22(29)25-14-21(28)26-20-10-8-18(3)9-11-20/h8-11,17,19H,12-16H2,1-7H3,(H,25,29)(H,26,28)/t19-/m1/s1. The molecule has 0 unspecified atom stereocenters. The summed E-state index contributed by atoms with van der Waals surface area (Å²) in [5.41, 5.74) is 1.95. The number of carbonyl (C=O) groups excluding carboxylic acids is 3. The number of benzene rings is 1. The normalized spacial score (nSPS) is 12.4. The third-order valence-corrected chi connectivity index (χ3v) is 4.54. The van der Waals surface area contributed by atoms with Gasteiger partial charge in [0.2, 0.25) is 17.7 Å². The molecule has 1 aromatic carbocycles. The van der Waals surface area contributed by atoms with Crippen LogP contribution in [0.5, 0.6) is 0 Å². The minimum absolute atomic E-state index is 0.0142. The number of nitrogens with zero attached hydrogens (tertiary/aromatic N) is 1. The van der Waals surface area contributed by atoms with E-state index in [1.54, 1.807) is 4.90 Å². The third-order valence-electron chi connectivity index (χ3n) is 4.54. The lowest BCUT2D eigenvalue weighted by Gasteiger charge is -2.27. The number of hydrogen-bond acceptors (Lipinski definition) is 3. The van der Waals surface area contributed by atoms with Crippen molar-refractivity contribution in [2.75, 3.05) is 25.0 Å². The molecule has 30 heavy (non-hydrogen) atoms. The minimum Gasteiger partial charge on any atom is -0.345 e. The van der Waals surface area contributed by atoms with Crippen molar-refractivity contribution in [3.8, 4) is 0 Å². The number of anilines is 1. The first-order valence-corrected chi connectivity index (χ1v) is 10.8. The van der Waals surface area contributed by atoms with Crippen molar-refractivity contribution in [2.45, 2.75) is 61.3 Å². The fourth-order valence-corrected chi connectivity index (χ4v) is 3.49. The SMILES string of the molecule is Cc1ccc(NC(=O)CNC(=O)CN(CC(C)C)C(=O)C[C@@H](C)CC(C)(C)C)cc1. The molecule has 0 radical (unpaired) electrons. The molecule has 0 saturated carbocycles. The number of amides is 3. The summed E-state index contributed by atoms with van der Waals surface area (Å²) in [5.74, 6) is -0.140. The predicted octanol–water partition coefficient (Wildman–Crippen LogP) is 4.00. The number of carbonyl (C=O) groups is 3. The summed E-state index contributed by atoms with van der Waals surface area (Å²) in [7, 11) is 0. The second-order valence-corrected chi connectivity index (χ2v) is 9.93. The molecule has 0 spiro atoms. The van der Waals surface area contributed by atoms with Gasteiger partial charge in [0.05, 0.1) is 13.1 Å². The molecule has 0 aromatic heterocycles. The highest BCUT2D eigenvalue weighted by Crippen LogP contribution is 2.26. The molecule has 0 aliphatic heterocycles. The van der Waals surface area contributed by atoms with Crippen LogP contribution in [0.3, 0.4) is 0 Å². The maximum Gasteiger partial charge on any atom is 0.243 e. The van der Waals surface area contributed by atoms with Gasteiger partial charge in [-0.15, -0.1) is 0 Å². The van der Waals surface area contributed by atoms with Gasteiger partial charge in [0.1, 0.15) is 0 Å². The lowest BCUT2D eigenvalue weighted by molar-refractivity contribution is -0.137. The molecule has 168 valence electrons. The van der Waals surface area contributed by atoms with Crippen molar-refractivity contribution >= 4 is 23.4 Å². The van der Waals surface area contributed by atoms with Crippen LogP contribution < -0.4 is 10.6 Å². The number of aryl methyl sites for hydroxylation is 1. The molecule has 0 bridgehead atoms. The van der Waals surface area contributed by atoms with Crippen LogP contribution in [-0.2, 0) is 14.4 Å². The summed E-state index contributed by atoms with van der Waals surface area (Å²) in [6.45, 7) is 14.9. The number of nitrogens with one attached hydrogen (secondary N) is 2. The Hall–Kier alpha value is -2.37. The van der Waals surface area contributed by atoms with Crippen molar-refractivity contribution < 1.29 is 14.4 Å². The molecule has 1 rings (SSSR count). The summed E-state index contributed by atoms with van der Waals surface area (Å²) >= 11 is 0. The van der Waals surface area contributed by atoms with E-state index in [4.69, 9.17) is 0 Å². The highest BCUT2D eigenvalue weighted by molar-refractivity contribution is 5.95. The maximum absolute atomic E-state index is 12.8. The van der Waals surface area contributed by atoms with E-state index in [1.165, 1.54) is 0 Å². The van der Waals surface area contributed by atoms with Gasteiger partial charge in [0.25, 0.3) is 0 Å². The van der Waals surface area contributed by atoms with Crippen LogP contribution in [0.1, 0.15) is 59.9 Å². The smallest absolute Gasteiger partial charge is 0.243 e. The van der Waals surface area contributed by atoms with Crippen molar-refractivity contribution in [3.05, 3.63) is 29.8 Å². The van der Waals surface area contributed by atoms with Crippen LogP contribution in [0, 0.1) is 24.2 Å². The predicted molar refractivity (Wildman–Crippen MR) is 122 cm³/mol. The summed E-state index contributed by atoms with van der Waals surface area (Å²) in [6, 6.07) is 7.45. The molecule has 0 saturated heterocycles. The molecule has 2 N–H and O–H groups in total. The van der Waals surface area contributed by atoms with E-state index in [0.717, 1.165) is 12.0 Å². The summed E-state index contributed by atoms with van der Waals surface area (Å²) in [5, 5.41) is 5.37. The summed E-state index contributed by atoms with van der Waals surface area (Å²) in [4.78, 5) is 38.8. The molecule has 6 heteroatoms. The quantitative estimate of drug-likeness (QED) is 0.604. The van der Waals surface area contributed by atoms with Gasteiger partial charge >= 0.3 is 0 Å². The van der Waals surface area contributed by atoms with E-state index in [0.29, 0.717) is 18.7 Å². The first kappa shape index (κ1) is 25.7. The largest absolute Gasteiger partial charge is 0.345 e. The van der Waals surface area contributed by atoms with Gasteiger partial charge < -0.3 is 15.5 Å². The Bertz CT molecular complexity index is 705. The average molecular weight is 418 g/mol. The van der Waals surface area contributed by atoms with Crippen LogP contribution in [0.4, 0.5) is 5.69 Å². The highest BCUT2D eigenvalue weighted by Gasteiger charge is 2.23. The molecule has 1 aromatic rings. The van der Waals surface area contributed by atoms with E-state index in [1.807, 2.05) is 45.0 Å². The van der Waals surface area contributed by atoms with E-state index >= 15 is 0 Å². The van der Waals surface area contributed by atoms with Gasteiger partial charge in [-0.2, -0.15) is 0 Å². The molecule has 0 fully saturated rings. The molecule has 6 nitrogen and oxygen atoms in total. The molecule has 3 amide bonds. The van der Waals surface area contributed by atoms with Gasteiger partial charge in [-0.25, -0.2) is 0 Å². The Morgan fingerprint density at radius 3 is 2.13 bits per heavy atom. The molecule has 0 aliphatic rings. The van der Waals surface area contributed by atoms with Crippen LogP contribution >= 0.6 is 0 Å². The van der Waals surface area contributed by atoms with Crippen LogP contribution in [0.25, 0.3) is 0 Å². The van der Waals surface area contributed by atoms with Crippen molar-refractivity contribution in [1.29, 1.82) is 0 Å². The van der Waals surface area contributed by atoms with Gasteiger partial charge in [0.15, 0.2) is 0 Å². The van der Waals surface area contributed by atoms with E-state index in [-0.39, 0.29) is 48.1 Å². The van der Waals surface area contributed by atoms with Gasteiger partial charge in [-0.3, -0.25) is 14.4 Å². The zero-order chi connectivity index (χ0) is 22.9. The second kappa shape index (κ2) is 11.7. The van der Waals surface area contributed by atoms with Crippen molar-refractivity contribution in [2.24, 2.45) is 17.3 Å². The van der Waals surface area contributed by atoms with Crippen LogP contribution in [-0.4, -0.2) is 42.3 Å². The van der Waals surface area contributed by atoms with Gasteiger partial charge in [-0.1, -0.05) is 59.2 Å². The lowest BCUT2D eigenvalue weighted by Crippen LogP contribution is -2.44. The van der Waals surface area contributed by atoms with Crippen molar-refractivity contribution in [1.82, 2.24) is 10.2 Å². The van der Waals surface area contributed by atoms with E-state index in [2.05, 4.69) is 38.3 Å². The monoisotopic (exact) mass is 417 g/mol. The Morgan fingerprint density at radius 2 is 1.60 bits per heavy atom. The van der Waals surface area contributed by atoms with Crippen molar-refractivity contribution in [3.63, 3.8) is 0 Å². The average Bonchev–Trinajstić information content (AvgIpc) is 2.59. The molecule has 0 aliphatic carbocycles. The van der Waals surface area contributed by atoms with Crippen LogP contribution in [0.15, 0.2) is 24.3 Å². The Morgan fingerprint density at radius 1 is 1.00 bits per heavy atom. The molecule has 0 heterocycles. The van der Waals surface area contributed by atoms with Gasteiger partial charge in [0, 0.05) is 18.7 Å². The second-order valence-electron chi connectivity index (χ2n) is 9.93. The van der Waals surface area contributed by atoms with Crippen LogP contribution in [0.2, 0.25) is 0 Å². The zero-order valence-electron chi connectivity index (χ0n) is 19.7. The molecular weight excluding hydrogens is 378 g/mol. The Kier molecular flexibility index (Phi) is 10.0. The van der Waals surface area contributed by atoms with E-state index < -0.39 is 0 Å². The minimum atomic E-state index is -0.327. The lowest BCUT2D eigenvalue weighted by atomic mass is 9.84. The summed E-state index contributed by atoms with van der Waals surface area (Å²) in [6.07, 6.45) is 1.37. The first-order chi connectivity index (χ1) is 13.9. The maximum atomic E-state index is 12.8. The zero-order valence-corrected chi connectivity index (χ0v) is 19.7. The highest BCUT2D eigenvalue weighted by atomic mass is 16.2. The fourth-order valence-electron chi connectivity index (χ4n) is 3.49. The van der Waals surface area contributed by atoms with E-state index in [9.17, 15) is 14.4 Å². The number of rotatable bonds is 10. The van der Waals surface area contributed by atoms with Gasteiger partial charge in [-0.05, 0) is 42.7 Å². The Labute approximate surface area is 181 Å². The Balaban J connectivity index is 2.55.